The molecular weight excluding hydrogens is 368 g/mol. The van der Waals surface area contributed by atoms with Crippen molar-refractivity contribution in [3.8, 4) is 0 Å². The summed E-state index contributed by atoms with van der Waals surface area (Å²) in [6.45, 7) is 2.19. The predicted molar refractivity (Wildman–Crippen MR) is 117 cm³/mol. The zero-order chi connectivity index (χ0) is 19.5. The highest BCUT2D eigenvalue weighted by Crippen LogP contribution is 2.28. The van der Waals surface area contributed by atoms with E-state index in [2.05, 4.69) is 34.3 Å². The second-order valence-electron chi connectivity index (χ2n) is 6.77. The number of hydrogen-bond donors (Lipinski definition) is 1. The van der Waals surface area contributed by atoms with Crippen molar-refractivity contribution in [2.24, 2.45) is 12.0 Å². The number of aryl methyl sites for hydroxylation is 2. The monoisotopic (exact) mass is 390 g/mol. The number of carbonyl (C=O) groups is 1. The Morgan fingerprint density at radius 2 is 1.96 bits per heavy atom. The maximum atomic E-state index is 12.4. The van der Waals surface area contributed by atoms with E-state index in [0.29, 0.717) is 10.1 Å². The maximum absolute atomic E-state index is 12.4. The zero-order valence-electron chi connectivity index (χ0n) is 16.0. The number of amides is 1. The van der Waals surface area contributed by atoms with Crippen LogP contribution in [0, 0.1) is 0 Å². The van der Waals surface area contributed by atoms with Crippen LogP contribution in [0.3, 0.4) is 0 Å². The van der Waals surface area contributed by atoms with Gasteiger partial charge in [-0.1, -0.05) is 37.6 Å². The third kappa shape index (κ3) is 3.87. The molecule has 1 N–H and O–H groups in total. The smallest absolute Gasteiger partial charge is 0.264 e. The number of carbonyl (C=O) groups excluding carboxylic acids is 1. The van der Waals surface area contributed by atoms with E-state index in [0.717, 1.165) is 29.0 Å². The molecule has 1 aliphatic rings. The Labute approximate surface area is 168 Å². The fourth-order valence-corrected chi connectivity index (χ4v) is 3.94. The fraction of sp³-hybridized carbons (Fsp3) is 0.227. The van der Waals surface area contributed by atoms with Crippen molar-refractivity contribution >= 4 is 45.6 Å². The predicted octanol–water partition coefficient (Wildman–Crippen LogP) is 4.81. The van der Waals surface area contributed by atoms with E-state index in [9.17, 15) is 4.79 Å². The molecular formula is C22H22N4OS. The highest BCUT2D eigenvalue weighted by atomic mass is 32.2. The van der Waals surface area contributed by atoms with E-state index in [1.54, 1.807) is 0 Å². The first-order valence-corrected chi connectivity index (χ1v) is 10.3. The van der Waals surface area contributed by atoms with Gasteiger partial charge in [-0.15, -0.1) is 0 Å². The Bertz CT molecular complexity index is 1080. The van der Waals surface area contributed by atoms with Gasteiger partial charge in [0.25, 0.3) is 5.91 Å². The number of unbranched alkanes of at least 4 members (excludes halogenated alkanes) is 1. The van der Waals surface area contributed by atoms with Crippen LogP contribution in [0.5, 0.6) is 0 Å². The zero-order valence-corrected chi connectivity index (χ0v) is 16.8. The fourth-order valence-electron chi connectivity index (χ4n) is 3.13. The molecule has 1 aliphatic heterocycles. The largest absolute Gasteiger partial charge is 0.328 e. The highest BCUT2D eigenvalue weighted by Gasteiger charge is 2.24. The van der Waals surface area contributed by atoms with Crippen molar-refractivity contribution in [2.45, 2.75) is 26.2 Å². The summed E-state index contributed by atoms with van der Waals surface area (Å²) in [6.07, 6.45) is 5.28. The molecule has 0 aliphatic carbocycles. The second-order valence-corrected chi connectivity index (χ2v) is 7.80. The summed E-state index contributed by atoms with van der Waals surface area (Å²) in [7, 11) is 1.95. The minimum atomic E-state index is -0.143. The third-order valence-electron chi connectivity index (χ3n) is 4.72. The number of amidine groups is 1. The first kappa shape index (κ1) is 18.5. The van der Waals surface area contributed by atoms with Crippen LogP contribution in [0.2, 0.25) is 0 Å². The van der Waals surface area contributed by atoms with Crippen molar-refractivity contribution in [1.82, 2.24) is 14.9 Å². The summed E-state index contributed by atoms with van der Waals surface area (Å²) in [6, 6.07) is 16.1. The molecule has 5 nitrogen and oxygen atoms in total. The molecule has 2 aromatic carbocycles. The average Bonchev–Trinajstić information content (AvgIpc) is 3.21. The van der Waals surface area contributed by atoms with E-state index in [4.69, 9.17) is 0 Å². The van der Waals surface area contributed by atoms with Gasteiger partial charge >= 0.3 is 0 Å². The highest BCUT2D eigenvalue weighted by molar-refractivity contribution is 8.18. The number of hydrogen-bond acceptors (Lipinski definition) is 4. The van der Waals surface area contributed by atoms with E-state index in [1.807, 2.05) is 54.1 Å². The molecule has 142 valence electrons. The Morgan fingerprint density at radius 3 is 2.71 bits per heavy atom. The number of rotatable bonds is 5. The van der Waals surface area contributed by atoms with Crippen LogP contribution in [0.15, 0.2) is 58.4 Å². The van der Waals surface area contributed by atoms with Crippen LogP contribution in [0.25, 0.3) is 17.1 Å². The van der Waals surface area contributed by atoms with Gasteiger partial charge in [-0.3, -0.25) is 4.79 Å². The van der Waals surface area contributed by atoms with Gasteiger partial charge in [0.05, 0.1) is 21.6 Å². The third-order valence-corrected chi connectivity index (χ3v) is 5.63. The Hall–Kier alpha value is -2.86. The van der Waals surface area contributed by atoms with Crippen molar-refractivity contribution in [1.29, 1.82) is 0 Å². The normalized spacial score (nSPS) is 17.0. The minimum absolute atomic E-state index is 0.143. The van der Waals surface area contributed by atoms with Crippen LogP contribution in [-0.4, -0.2) is 20.6 Å². The van der Waals surface area contributed by atoms with Gasteiger partial charge in [0, 0.05) is 13.1 Å². The van der Waals surface area contributed by atoms with Gasteiger partial charge in [-0.05, 0) is 54.4 Å². The van der Waals surface area contributed by atoms with Gasteiger partial charge in [-0.2, -0.15) is 0 Å². The number of nitrogens with one attached hydrogen (secondary N) is 1. The Morgan fingerprint density at radius 1 is 1.18 bits per heavy atom. The maximum Gasteiger partial charge on any atom is 0.264 e. The number of para-hydroxylation sites is 2. The van der Waals surface area contributed by atoms with Crippen LogP contribution >= 0.6 is 11.8 Å². The van der Waals surface area contributed by atoms with Crippen LogP contribution in [0.4, 0.5) is 5.69 Å². The molecule has 4 rings (SSSR count). The lowest BCUT2D eigenvalue weighted by Crippen LogP contribution is -2.19. The quantitative estimate of drug-likeness (QED) is 0.636. The molecule has 2 heterocycles. The van der Waals surface area contributed by atoms with Gasteiger partial charge in [0.15, 0.2) is 5.17 Å². The number of benzene rings is 2. The molecule has 1 aromatic heterocycles. The molecule has 0 spiro atoms. The Balaban J connectivity index is 1.54. The summed E-state index contributed by atoms with van der Waals surface area (Å²) in [5, 5.41) is 3.44. The average molecular weight is 391 g/mol. The summed E-state index contributed by atoms with van der Waals surface area (Å²) < 4.78 is 1.99. The number of thioether (sulfide) groups is 1. The molecule has 3 aromatic rings. The summed E-state index contributed by atoms with van der Waals surface area (Å²) in [4.78, 5) is 22.1. The summed E-state index contributed by atoms with van der Waals surface area (Å²) in [5.41, 5.74) is 4.11. The Kier molecular flexibility index (Phi) is 5.30. The van der Waals surface area contributed by atoms with Crippen LogP contribution < -0.4 is 5.32 Å². The summed E-state index contributed by atoms with van der Waals surface area (Å²) in [5.74, 6) is 0.607. The van der Waals surface area contributed by atoms with E-state index in [-0.39, 0.29) is 5.91 Å². The standard InChI is InChI=1S/C22H22N4OS/c1-3-4-7-15-10-12-16(13-11-15)23-22-25-21(27)19(28-22)14-20-24-17-8-5-6-9-18(17)26(20)2/h5-6,8-14H,3-4,7H2,1-2H3,(H,23,25,27). The lowest BCUT2D eigenvalue weighted by atomic mass is 10.1. The summed E-state index contributed by atoms with van der Waals surface area (Å²) >= 11 is 1.34. The van der Waals surface area contributed by atoms with Gasteiger partial charge in [-0.25, -0.2) is 9.98 Å². The topological polar surface area (TPSA) is 59.3 Å². The molecule has 0 saturated carbocycles. The number of nitrogens with zero attached hydrogens (tertiary/aromatic N) is 3. The molecule has 0 bridgehead atoms. The lowest BCUT2D eigenvalue weighted by molar-refractivity contribution is -0.115. The molecule has 0 radical (unpaired) electrons. The molecule has 0 atom stereocenters. The number of fused-ring (bicyclic) bond motifs is 1. The first-order chi connectivity index (χ1) is 13.6. The minimum Gasteiger partial charge on any atom is -0.328 e. The van der Waals surface area contributed by atoms with Gasteiger partial charge < -0.3 is 9.88 Å². The molecule has 28 heavy (non-hydrogen) atoms. The molecule has 1 fully saturated rings. The van der Waals surface area contributed by atoms with E-state index in [1.165, 1.54) is 30.2 Å². The van der Waals surface area contributed by atoms with Crippen molar-refractivity contribution < 1.29 is 4.79 Å². The van der Waals surface area contributed by atoms with E-state index < -0.39 is 0 Å². The van der Waals surface area contributed by atoms with Gasteiger partial charge in [0.2, 0.25) is 0 Å². The molecule has 1 saturated heterocycles. The number of imidazole rings is 1. The molecule has 1 amide bonds. The first-order valence-electron chi connectivity index (χ1n) is 9.44. The van der Waals surface area contributed by atoms with Gasteiger partial charge in [0.1, 0.15) is 5.82 Å². The van der Waals surface area contributed by atoms with Crippen molar-refractivity contribution in [3.63, 3.8) is 0 Å². The molecule has 0 unspecified atom stereocenters. The van der Waals surface area contributed by atoms with Crippen molar-refractivity contribution in [3.05, 3.63) is 64.8 Å². The second kappa shape index (κ2) is 8.02. The van der Waals surface area contributed by atoms with E-state index >= 15 is 0 Å². The SMILES string of the molecule is CCCCc1ccc(N=C2NC(=O)C(=Cc3nc4ccccc4n3C)S2)cc1. The van der Waals surface area contributed by atoms with Crippen LogP contribution in [-0.2, 0) is 18.3 Å². The number of aliphatic imine (C=N–C) groups is 1. The van der Waals surface area contributed by atoms with Crippen molar-refractivity contribution in [2.75, 3.05) is 0 Å². The van der Waals surface area contributed by atoms with Crippen LogP contribution in [0.1, 0.15) is 31.2 Å². The molecule has 6 heteroatoms. The number of aromatic nitrogens is 2. The lowest BCUT2D eigenvalue weighted by Gasteiger charge is -2.01.